The highest BCUT2D eigenvalue weighted by atomic mass is 32.1. The Morgan fingerprint density at radius 3 is 2.79 bits per heavy atom. The number of rotatable bonds is 3. The molecule has 2 nitrogen and oxygen atoms in total. The van der Waals surface area contributed by atoms with Crippen LogP contribution < -0.4 is 5.73 Å². The molecule has 0 spiro atoms. The van der Waals surface area contributed by atoms with Gasteiger partial charge in [-0.3, -0.25) is 0 Å². The predicted molar refractivity (Wildman–Crippen MR) is 60.4 cm³/mol. The first-order valence-electron chi connectivity index (χ1n) is 4.58. The molecule has 0 unspecified atom stereocenters. The molecule has 0 saturated carbocycles. The first-order valence-corrected chi connectivity index (χ1v) is 5.46. The zero-order valence-electron chi connectivity index (χ0n) is 7.81. The second-order valence-electron chi connectivity index (χ2n) is 3.12. The van der Waals surface area contributed by atoms with Crippen LogP contribution >= 0.6 is 11.3 Å². The summed E-state index contributed by atoms with van der Waals surface area (Å²) in [4.78, 5) is 4.24. The van der Waals surface area contributed by atoms with E-state index in [-0.39, 0.29) is 0 Å². The number of nitrogens with two attached hydrogens (primary N) is 1. The zero-order valence-corrected chi connectivity index (χ0v) is 8.63. The maximum Gasteiger partial charge on any atom is 0.0928 e. The molecule has 1 aromatic carbocycles. The van der Waals surface area contributed by atoms with Gasteiger partial charge in [0.2, 0.25) is 0 Å². The van der Waals surface area contributed by atoms with Crippen molar-refractivity contribution < 1.29 is 0 Å². The first-order chi connectivity index (χ1) is 6.86. The molecule has 0 radical (unpaired) electrons. The van der Waals surface area contributed by atoms with Gasteiger partial charge in [-0.25, -0.2) is 4.98 Å². The quantitative estimate of drug-likeness (QED) is 0.780. The molecule has 0 fully saturated rings. The summed E-state index contributed by atoms with van der Waals surface area (Å²) >= 11 is 1.70. The van der Waals surface area contributed by atoms with Crippen LogP contribution in [0.4, 0.5) is 5.69 Å². The van der Waals surface area contributed by atoms with Gasteiger partial charge in [0.25, 0.3) is 0 Å². The lowest BCUT2D eigenvalue weighted by atomic mass is 10.1. The maximum absolute atomic E-state index is 5.84. The summed E-state index contributed by atoms with van der Waals surface area (Å²) in [6, 6.07) is 8.00. The van der Waals surface area contributed by atoms with Crippen LogP contribution in [0.5, 0.6) is 0 Å². The number of anilines is 1. The summed E-state index contributed by atoms with van der Waals surface area (Å²) < 4.78 is 0. The second kappa shape index (κ2) is 4.24. The van der Waals surface area contributed by atoms with Gasteiger partial charge in [0.05, 0.1) is 5.01 Å². The van der Waals surface area contributed by atoms with Crippen LogP contribution in [0.25, 0.3) is 0 Å². The number of para-hydroxylation sites is 1. The van der Waals surface area contributed by atoms with E-state index >= 15 is 0 Å². The van der Waals surface area contributed by atoms with E-state index in [1.54, 1.807) is 11.3 Å². The number of benzene rings is 1. The second-order valence-corrected chi connectivity index (χ2v) is 4.10. The maximum atomic E-state index is 5.84. The van der Waals surface area contributed by atoms with Gasteiger partial charge in [-0.05, 0) is 18.1 Å². The fourth-order valence-electron chi connectivity index (χ4n) is 1.38. The van der Waals surface area contributed by atoms with Crippen molar-refractivity contribution >= 4 is 17.0 Å². The molecular formula is C11H12N2S. The van der Waals surface area contributed by atoms with Crippen LogP contribution in [0.1, 0.15) is 10.6 Å². The van der Waals surface area contributed by atoms with Gasteiger partial charge in [0, 0.05) is 23.7 Å². The molecular weight excluding hydrogens is 192 g/mol. The Morgan fingerprint density at radius 1 is 1.21 bits per heavy atom. The number of aryl methyl sites for hydroxylation is 2. The molecule has 14 heavy (non-hydrogen) atoms. The van der Waals surface area contributed by atoms with Gasteiger partial charge in [0.15, 0.2) is 0 Å². The van der Waals surface area contributed by atoms with E-state index < -0.39 is 0 Å². The molecule has 0 bridgehead atoms. The standard InChI is InChI=1S/C11H12N2S/c12-10-4-2-1-3-9(10)5-6-11-13-7-8-14-11/h1-4,7-8H,5-6,12H2. The van der Waals surface area contributed by atoms with E-state index in [1.165, 1.54) is 10.6 Å². The Hall–Kier alpha value is -1.35. The fourth-order valence-corrected chi connectivity index (χ4v) is 2.00. The zero-order chi connectivity index (χ0) is 9.80. The highest BCUT2D eigenvalue weighted by molar-refractivity contribution is 7.09. The van der Waals surface area contributed by atoms with Gasteiger partial charge in [-0.1, -0.05) is 18.2 Å². The topological polar surface area (TPSA) is 38.9 Å². The van der Waals surface area contributed by atoms with Crippen molar-refractivity contribution in [3.63, 3.8) is 0 Å². The highest BCUT2D eigenvalue weighted by Crippen LogP contribution is 2.14. The molecule has 3 heteroatoms. The Bertz CT molecular complexity index is 395. The van der Waals surface area contributed by atoms with Crippen molar-refractivity contribution in [3.8, 4) is 0 Å². The van der Waals surface area contributed by atoms with Crippen molar-refractivity contribution in [1.29, 1.82) is 0 Å². The third-order valence-electron chi connectivity index (χ3n) is 2.15. The molecule has 0 aliphatic heterocycles. The van der Waals surface area contributed by atoms with E-state index in [2.05, 4.69) is 11.1 Å². The minimum Gasteiger partial charge on any atom is -0.399 e. The van der Waals surface area contributed by atoms with Gasteiger partial charge < -0.3 is 5.73 Å². The van der Waals surface area contributed by atoms with Crippen LogP contribution in [0.2, 0.25) is 0 Å². The summed E-state index contributed by atoms with van der Waals surface area (Å²) in [5, 5.41) is 3.18. The Morgan fingerprint density at radius 2 is 2.07 bits per heavy atom. The average Bonchev–Trinajstić information content (AvgIpc) is 2.69. The molecule has 0 amide bonds. The number of hydrogen-bond acceptors (Lipinski definition) is 3. The van der Waals surface area contributed by atoms with Crippen molar-refractivity contribution in [2.24, 2.45) is 0 Å². The lowest BCUT2D eigenvalue weighted by Crippen LogP contribution is -1.96. The van der Waals surface area contributed by atoms with Crippen molar-refractivity contribution in [3.05, 3.63) is 46.4 Å². The smallest absolute Gasteiger partial charge is 0.0928 e. The molecule has 1 aromatic heterocycles. The van der Waals surface area contributed by atoms with Crippen LogP contribution in [0, 0.1) is 0 Å². The Balaban J connectivity index is 2.02. The molecule has 72 valence electrons. The predicted octanol–water partition coefficient (Wildman–Crippen LogP) is 2.51. The Kier molecular flexibility index (Phi) is 2.79. The minimum atomic E-state index is 0.879. The number of thiazole rings is 1. The van der Waals surface area contributed by atoms with Crippen LogP contribution in [-0.4, -0.2) is 4.98 Å². The van der Waals surface area contributed by atoms with Crippen LogP contribution in [0.15, 0.2) is 35.8 Å². The molecule has 0 aliphatic carbocycles. The number of aromatic nitrogens is 1. The molecule has 0 aliphatic rings. The SMILES string of the molecule is Nc1ccccc1CCc1nccs1. The van der Waals surface area contributed by atoms with E-state index in [0.29, 0.717) is 0 Å². The van der Waals surface area contributed by atoms with Gasteiger partial charge in [0.1, 0.15) is 0 Å². The van der Waals surface area contributed by atoms with Gasteiger partial charge in [-0.15, -0.1) is 11.3 Å². The number of hydrogen-bond donors (Lipinski definition) is 1. The van der Waals surface area contributed by atoms with Crippen LogP contribution in [-0.2, 0) is 12.8 Å². The third-order valence-corrected chi connectivity index (χ3v) is 2.99. The van der Waals surface area contributed by atoms with E-state index in [9.17, 15) is 0 Å². The summed E-state index contributed by atoms with van der Waals surface area (Å²) in [5.74, 6) is 0. The molecule has 2 rings (SSSR count). The highest BCUT2D eigenvalue weighted by Gasteiger charge is 2.00. The number of nitrogen functional groups attached to an aromatic ring is 1. The molecule has 0 saturated heterocycles. The normalized spacial score (nSPS) is 10.3. The summed E-state index contributed by atoms with van der Waals surface area (Å²) in [6.07, 6.45) is 3.79. The number of nitrogens with zero attached hydrogens (tertiary/aromatic N) is 1. The van der Waals surface area contributed by atoms with Gasteiger partial charge in [-0.2, -0.15) is 0 Å². The summed E-state index contributed by atoms with van der Waals surface area (Å²) in [5.41, 5.74) is 7.93. The molecule has 0 atom stereocenters. The average molecular weight is 204 g/mol. The van der Waals surface area contributed by atoms with Crippen molar-refractivity contribution in [2.45, 2.75) is 12.8 Å². The van der Waals surface area contributed by atoms with E-state index in [4.69, 9.17) is 5.73 Å². The van der Waals surface area contributed by atoms with E-state index in [1.807, 2.05) is 29.8 Å². The summed E-state index contributed by atoms with van der Waals surface area (Å²) in [6.45, 7) is 0. The van der Waals surface area contributed by atoms with E-state index in [0.717, 1.165) is 18.5 Å². The molecule has 1 heterocycles. The first kappa shape index (κ1) is 9.21. The molecule has 2 aromatic rings. The fraction of sp³-hybridized carbons (Fsp3) is 0.182. The Labute approximate surface area is 87.4 Å². The lowest BCUT2D eigenvalue weighted by molar-refractivity contribution is 0.946. The largest absolute Gasteiger partial charge is 0.399 e. The lowest BCUT2D eigenvalue weighted by Gasteiger charge is -2.02. The van der Waals surface area contributed by atoms with Crippen LogP contribution in [0.3, 0.4) is 0 Å². The third kappa shape index (κ3) is 2.12. The van der Waals surface area contributed by atoms with Crippen molar-refractivity contribution in [2.75, 3.05) is 5.73 Å². The minimum absolute atomic E-state index is 0.879. The van der Waals surface area contributed by atoms with Crippen molar-refractivity contribution in [1.82, 2.24) is 4.98 Å². The summed E-state index contributed by atoms with van der Waals surface area (Å²) in [7, 11) is 0. The van der Waals surface area contributed by atoms with Gasteiger partial charge >= 0.3 is 0 Å². The molecule has 2 N–H and O–H groups in total. The monoisotopic (exact) mass is 204 g/mol.